The number of carbonyl (C=O) groups excluding carboxylic acids is 2. The molecule has 3 aliphatic rings. The van der Waals surface area contributed by atoms with Crippen molar-refractivity contribution in [2.24, 2.45) is 16.1 Å². The third kappa shape index (κ3) is 3.60. The molecule has 2 aliphatic carbocycles. The molecule has 1 saturated carbocycles. The van der Waals surface area contributed by atoms with Crippen molar-refractivity contribution in [1.82, 2.24) is 4.90 Å². The summed E-state index contributed by atoms with van der Waals surface area (Å²) in [7, 11) is 3.41. The Morgan fingerprint density at radius 1 is 1.33 bits per heavy atom. The van der Waals surface area contributed by atoms with Crippen LogP contribution in [0.4, 0.5) is 5.69 Å². The van der Waals surface area contributed by atoms with Crippen LogP contribution in [0.5, 0.6) is 0 Å². The minimum absolute atomic E-state index is 0.100. The Morgan fingerprint density at radius 2 is 2.06 bits per heavy atom. The van der Waals surface area contributed by atoms with Gasteiger partial charge >= 0.3 is 0 Å². The van der Waals surface area contributed by atoms with Crippen LogP contribution in [-0.4, -0.2) is 42.9 Å². The summed E-state index contributed by atoms with van der Waals surface area (Å²) < 4.78 is 5.59. The molecule has 3 N–H and O–H groups in total. The number of hydrogen-bond donors (Lipinski definition) is 2. The molecular formula is C26H32N4O3. The van der Waals surface area contributed by atoms with Crippen molar-refractivity contribution in [2.75, 3.05) is 19.5 Å². The van der Waals surface area contributed by atoms with E-state index in [1.54, 1.807) is 26.3 Å². The van der Waals surface area contributed by atoms with Crippen LogP contribution in [0.15, 0.2) is 59.6 Å². The van der Waals surface area contributed by atoms with Crippen molar-refractivity contribution in [1.29, 1.82) is 0 Å². The van der Waals surface area contributed by atoms with Crippen molar-refractivity contribution in [2.45, 2.75) is 50.7 Å². The molecule has 0 bridgehead atoms. The zero-order valence-corrected chi connectivity index (χ0v) is 19.6. The van der Waals surface area contributed by atoms with Gasteiger partial charge in [-0.1, -0.05) is 36.9 Å². The number of nitrogens with one attached hydrogen (secondary N) is 1. The summed E-state index contributed by atoms with van der Waals surface area (Å²) in [5.74, 6) is -0.161. The highest BCUT2D eigenvalue weighted by Crippen LogP contribution is 2.62. The minimum atomic E-state index is -1.07. The Labute approximate surface area is 195 Å². The Hall–Kier alpha value is -3.19. The molecular weight excluding hydrogens is 416 g/mol. The van der Waals surface area contributed by atoms with Gasteiger partial charge in [0.05, 0.1) is 6.10 Å². The molecule has 4 rings (SSSR count). The molecule has 1 fully saturated rings. The molecule has 0 radical (unpaired) electrons. The molecule has 1 heterocycles. The van der Waals surface area contributed by atoms with Crippen LogP contribution >= 0.6 is 0 Å². The van der Waals surface area contributed by atoms with Gasteiger partial charge in [0.15, 0.2) is 11.5 Å². The summed E-state index contributed by atoms with van der Waals surface area (Å²) in [4.78, 5) is 32.6. The quantitative estimate of drug-likeness (QED) is 0.533. The van der Waals surface area contributed by atoms with E-state index >= 15 is 0 Å². The first-order valence-electron chi connectivity index (χ1n) is 11.4. The van der Waals surface area contributed by atoms with Crippen LogP contribution in [0.2, 0.25) is 0 Å². The molecule has 1 aliphatic heterocycles. The molecule has 7 heteroatoms. The summed E-state index contributed by atoms with van der Waals surface area (Å²) in [6, 6.07) is 5.77. The molecule has 1 aromatic rings. The monoisotopic (exact) mass is 448 g/mol. The van der Waals surface area contributed by atoms with Gasteiger partial charge in [-0.2, -0.15) is 0 Å². The van der Waals surface area contributed by atoms with E-state index in [1.807, 2.05) is 37.3 Å². The number of nitrogens with zero attached hydrogens (tertiary/aromatic N) is 2. The maximum Gasteiger partial charge on any atom is 0.262 e. The van der Waals surface area contributed by atoms with Crippen LogP contribution in [0.3, 0.4) is 0 Å². The van der Waals surface area contributed by atoms with E-state index in [-0.39, 0.29) is 29.3 Å². The molecule has 1 atom stereocenters. The lowest BCUT2D eigenvalue weighted by molar-refractivity contribution is -0.137. The van der Waals surface area contributed by atoms with Crippen LogP contribution < -0.4 is 11.1 Å². The number of allylic oxidation sites excluding steroid dienone is 3. The molecule has 7 nitrogen and oxygen atoms in total. The van der Waals surface area contributed by atoms with Crippen LogP contribution in [0.1, 0.15) is 43.7 Å². The predicted octanol–water partition coefficient (Wildman–Crippen LogP) is 3.43. The number of nitrogens with two attached hydrogens (primary N) is 1. The highest BCUT2D eigenvalue weighted by atomic mass is 16.5. The van der Waals surface area contributed by atoms with Crippen LogP contribution in [0, 0.1) is 5.41 Å². The van der Waals surface area contributed by atoms with Crippen LogP contribution in [-0.2, 0) is 26.3 Å². The topological polar surface area (TPSA) is 97.0 Å². The van der Waals surface area contributed by atoms with E-state index in [1.165, 1.54) is 4.90 Å². The smallest absolute Gasteiger partial charge is 0.262 e. The van der Waals surface area contributed by atoms with Gasteiger partial charge in [-0.3, -0.25) is 14.5 Å². The van der Waals surface area contributed by atoms with Crippen molar-refractivity contribution in [3.8, 4) is 0 Å². The fourth-order valence-corrected chi connectivity index (χ4v) is 5.57. The second kappa shape index (κ2) is 8.63. The summed E-state index contributed by atoms with van der Waals surface area (Å²) >= 11 is 0. The number of carbonyl (C=O) groups is 2. The van der Waals surface area contributed by atoms with E-state index in [4.69, 9.17) is 15.5 Å². The summed E-state index contributed by atoms with van der Waals surface area (Å²) in [5.41, 5.74) is 7.63. The number of guanidine groups is 1. The standard InChI is InChI=1S/C26H32N4O3/c1-5-6-7-8-17(2)22(31)28-19-10-9-18-16-25(13-11-20(33-4)12-14-25)26(21(18)15-19)23(32)30(3)24(27)29-26/h5-10,15,20H,2,11-14,16H2,1,3-4H3,(H2,27,29)(H,28,31)/b6-5-,8-7-. The number of aliphatic imine (C=N–C) groups is 1. The van der Waals surface area contributed by atoms with E-state index in [9.17, 15) is 9.59 Å². The number of amides is 2. The summed E-state index contributed by atoms with van der Waals surface area (Å²) in [6.07, 6.45) is 11.5. The lowest BCUT2D eigenvalue weighted by Crippen LogP contribution is -2.51. The molecule has 2 amide bonds. The number of anilines is 1. The zero-order valence-electron chi connectivity index (χ0n) is 19.6. The first kappa shape index (κ1) is 23.0. The van der Waals surface area contributed by atoms with Gasteiger partial charge in [-0.15, -0.1) is 0 Å². The molecule has 1 unspecified atom stereocenters. The van der Waals surface area contributed by atoms with Crippen molar-refractivity contribution >= 4 is 23.5 Å². The minimum Gasteiger partial charge on any atom is -0.381 e. The van der Waals surface area contributed by atoms with Gasteiger partial charge in [-0.25, -0.2) is 4.99 Å². The molecule has 174 valence electrons. The Balaban J connectivity index is 1.71. The van der Waals surface area contributed by atoms with Gasteiger partial charge in [-0.05, 0) is 62.3 Å². The number of fused-ring (bicyclic) bond motifs is 3. The highest BCUT2D eigenvalue weighted by Gasteiger charge is 2.66. The number of benzene rings is 1. The van der Waals surface area contributed by atoms with Crippen molar-refractivity contribution in [3.63, 3.8) is 0 Å². The van der Waals surface area contributed by atoms with Gasteiger partial charge in [0.25, 0.3) is 11.8 Å². The SMILES string of the molecule is C=C(/C=C\C=C/C)C(=O)Nc1ccc2c(c1)C1(N=C(N)N(C)C1=O)C1(CCC(OC)CC1)C2. The van der Waals surface area contributed by atoms with E-state index < -0.39 is 5.54 Å². The Bertz CT molecular complexity index is 1080. The fourth-order valence-electron chi connectivity index (χ4n) is 5.57. The molecule has 2 spiro atoms. The lowest BCUT2D eigenvalue weighted by atomic mass is 9.61. The lowest BCUT2D eigenvalue weighted by Gasteiger charge is -2.45. The normalized spacial score (nSPS) is 28.8. The third-order valence-electron chi connectivity index (χ3n) is 7.41. The maximum atomic E-state index is 13.7. The number of methoxy groups -OCH3 is 1. The average Bonchev–Trinajstić information content (AvgIpc) is 3.20. The Kier molecular flexibility index (Phi) is 6.01. The largest absolute Gasteiger partial charge is 0.381 e. The number of ether oxygens (including phenoxy) is 1. The number of hydrogen-bond acceptors (Lipinski definition) is 5. The highest BCUT2D eigenvalue weighted by molar-refractivity contribution is 6.09. The fraction of sp³-hybridized carbons (Fsp3) is 0.423. The molecule has 0 aromatic heterocycles. The second-order valence-electron chi connectivity index (χ2n) is 9.17. The van der Waals surface area contributed by atoms with Gasteiger partial charge in [0, 0.05) is 30.8 Å². The van der Waals surface area contributed by atoms with E-state index in [0.29, 0.717) is 11.3 Å². The van der Waals surface area contributed by atoms with Crippen molar-refractivity contribution in [3.05, 3.63) is 65.8 Å². The summed E-state index contributed by atoms with van der Waals surface area (Å²) in [6.45, 7) is 5.74. The second-order valence-corrected chi connectivity index (χ2v) is 9.17. The van der Waals surface area contributed by atoms with Crippen molar-refractivity contribution < 1.29 is 14.3 Å². The molecule has 1 aromatic carbocycles. The van der Waals surface area contributed by atoms with E-state index in [2.05, 4.69) is 11.9 Å². The molecule has 0 saturated heterocycles. The number of rotatable bonds is 5. The first-order chi connectivity index (χ1) is 15.8. The third-order valence-corrected chi connectivity index (χ3v) is 7.41. The maximum absolute atomic E-state index is 13.7. The molecule has 33 heavy (non-hydrogen) atoms. The van der Waals surface area contributed by atoms with Crippen LogP contribution in [0.25, 0.3) is 0 Å². The van der Waals surface area contributed by atoms with Gasteiger partial charge in [0.1, 0.15) is 0 Å². The number of likely N-dealkylation sites (N-methyl/N-ethyl adjacent to an activating group) is 1. The summed E-state index contributed by atoms with van der Waals surface area (Å²) in [5, 5.41) is 2.91. The zero-order chi connectivity index (χ0) is 23.8. The first-order valence-corrected chi connectivity index (χ1v) is 11.4. The Morgan fingerprint density at radius 3 is 2.67 bits per heavy atom. The van der Waals surface area contributed by atoms with E-state index in [0.717, 1.165) is 43.2 Å². The average molecular weight is 449 g/mol. The predicted molar refractivity (Wildman–Crippen MR) is 130 cm³/mol. The van der Waals surface area contributed by atoms with Gasteiger partial charge in [0.2, 0.25) is 0 Å². The van der Waals surface area contributed by atoms with Gasteiger partial charge < -0.3 is 15.8 Å².